The quantitative estimate of drug-likeness (QED) is 0.596. The lowest BCUT2D eigenvalue weighted by Crippen LogP contribution is -2.28. The van der Waals surface area contributed by atoms with Crippen LogP contribution in [0.2, 0.25) is 10.0 Å². The van der Waals surface area contributed by atoms with E-state index < -0.39 is 0 Å². The van der Waals surface area contributed by atoms with Gasteiger partial charge in [-0.2, -0.15) is 0 Å². The SMILES string of the molecule is CCCCCN(C)CCC(NCC)c1cccc(Cl)c1Cl. The summed E-state index contributed by atoms with van der Waals surface area (Å²) < 4.78 is 0. The van der Waals surface area contributed by atoms with Gasteiger partial charge in [0, 0.05) is 6.04 Å². The topological polar surface area (TPSA) is 15.3 Å². The lowest BCUT2D eigenvalue weighted by atomic mass is 10.0. The number of nitrogens with one attached hydrogen (secondary N) is 1. The minimum absolute atomic E-state index is 0.259. The van der Waals surface area contributed by atoms with E-state index in [0.717, 1.165) is 31.6 Å². The molecule has 4 heteroatoms. The van der Waals surface area contributed by atoms with Gasteiger partial charge < -0.3 is 10.2 Å². The summed E-state index contributed by atoms with van der Waals surface area (Å²) in [5, 5.41) is 4.83. The van der Waals surface area contributed by atoms with Crippen LogP contribution >= 0.6 is 23.2 Å². The van der Waals surface area contributed by atoms with Gasteiger partial charge >= 0.3 is 0 Å². The van der Waals surface area contributed by atoms with Crippen LogP contribution in [-0.2, 0) is 0 Å². The Hall–Kier alpha value is -0.280. The number of hydrogen-bond donors (Lipinski definition) is 1. The van der Waals surface area contributed by atoms with Crippen molar-refractivity contribution in [1.29, 1.82) is 0 Å². The maximum absolute atomic E-state index is 6.36. The van der Waals surface area contributed by atoms with Crippen molar-refractivity contribution in [2.45, 2.75) is 45.6 Å². The van der Waals surface area contributed by atoms with Gasteiger partial charge in [0.1, 0.15) is 0 Å². The van der Waals surface area contributed by atoms with E-state index in [1.165, 1.54) is 19.3 Å². The summed E-state index contributed by atoms with van der Waals surface area (Å²) in [4.78, 5) is 2.40. The first-order valence-electron chi connectivity index (χ1n) is 7.96. The third kappa shape index (κ3) is 6.56. The van der Waals surface area contributed by atoms with Crippen molar-refractivity contribution in [3.8, 4) is 0 Å². The predicted octanol–water partition coefficient (Wildman–Crippen LogP) is 5.16. The molecule has 1 rings (SSSR count). The van der Waals surface area contributed by atoms with Crippen molar-refractivity contribution in [2.75, 3.05) is 26.7 Å². The molecule has 1 unspecified atom stereocenters. The molecule has 1 aromatic rings. The first-order valence-corrected chi connectivity index (χ1v) is 8.71. The van der Waals surface area contributed by atoms with Crippen LogP contribution in [0, 0.1) is 0 Å². The van der Waals surface area contributed by atoms with Crippen LogP contribution in [0.15, 0.2) is 18.2 Å². The van der Waals surface area contributed by atoms with Gasteiger partial charge in [0.05, 0.1) is 10.0 Å². The highest BCUT2D eigenvalue weighted by Crippen LogP contribution is 2.31. The molecule has 0 saturated carbocycles. The van der Waals surface area contributed by atoms with Crippen LogP contribution in [0.25, 0.3) is 0 Å². The van der Waals surface area contributed by atoms with Crippen LogP contribution in [0.1, 0.15) is 51.1 Å². The largest absolute Gasteiger partial charge is 0.310 e. The zero-order chi connectivity index (χ0) is 15.7. The van der Waals surface area contributed by atoms with Crippen LogP contribution < -0.4 is 5.32 Å². The molecule has 1 atom stereocenters. The summed E-state index contributed by atoms with van der Waals surface area (Å²) in [6, 6.07) is 6.14. The monoisotopic (exact) mass is 330 g/mol. The van der Waals surface area contributed by atoms with Gasteiger partial charge in [0.2, 0.25) is 0 Å². The lowest BCUT2D eigenvalue weighted by Gasteiger charge is -2.23. The molecule has 2 nitrogen and oxygen atoms in total. The number of rotatable bonds is 10. The second kappa shape index (κ2) is 10.4. The average Bonchev–Trinajstić information content (AvgIpc) is 2.47. The Labute approximate surface area is 139 Å². The fourth-order valence-electron chi connectivity index (χ4n) is 2.50. The number of unbranched alkanes of at least 4 members (excludes halogenated alkanes) is 2. The van der Waals surface area contributed by atoms with E-state index >= 15 is 0 Å². The summed E-state index contributed by atoms with van der Waals surface area (Å²) >= 11 is 12.5. The molecule has 0 aliphatic heterocycles. The third-order valence-corrected chi connectivity index (χ3v) is 4.58. The van der Waals surface area contributed by atoms with Crippen LogP contribution in [0.3, 0.4) is 0 Å². The van der Waals surface area contributed by atoms with E-state index in [1.54, 1.807) is 0 Å². The third-order valence-electron chi connectivity index (χ3n) is 3.75. The molecule has 0 spiro atoms. The minimum Gasteiger partial charge on any atom is -0.310 e. The van der Waals surface area contributed by atoms with Crippen LogP contribution in [-0.4, -0.2) is 31.6 Å². The second-order valence-electron chi connectivity index (χ2n) is 5.55. The molecule has 1 aromatic carbocycles. The number of nitrogens with zero attached hydrogens (tertiary/aromatic N) is 1. The van der Waals surface area contributed by atoms with Crippen molar-refractivity contribution in [1.82, 2.24) is 10.2 Å². The van der Waals surface area contributed by atoms with Crippen molar-refractivity contribution in [2.24, 2.45) is 0 Å². The van der Waals surface area contributed by atoms with E-state index in [0.29, 0.717) is 10.0 Å². The predicted molar refractivity (Wildman–Crippen MR) is 94.5 cm³/mol. The molecule has 0 bridgehead atoms. The Morgan fingerprint density at radius 3 is 2.57 bits per heavy atom. The van der Waals surface area contributed by atoms with Crippen molar-refractivity contribution in [3.05, 3.63) is 33.8 Å². The molecule has 0 heterocycles. The number of hydrogen-bond acceptors (Lipinski definition) is 2. The van der Waals surface area contributed by atoms with E-state index in [4.69, 9.17) is 23.2 Å². The molecule has 0 aliphatic rings. The Kier molecular flexibility index (Phi) is 9.34. The molecule has 0 radical (unpaired) electrons. The number of benzene rings is 1. The summed E-state index contributed by atoms with van der Waals surface area (Å²) in [6.45, 7) is 7.51. The first kappa shape index (κ1) is 18.8. The zero-order valence-corrected chi connectivity index (χ0v) is 15.0. The molecule has 0 aromatic heterocycles. The fourth-order valence-corrected chi connectivity index (χ4v) is 2.94. The van der Waals surface area contributed by atoms with Gasteiger partial charge in [-0.05, 0) is 51.2 Å². The normalized spacial score (nSPS) is 12.9. The van der Waals surface area contributed by atoms with E-state index in [2.05, 4.69) is 37.2 Å². The Bertz CT molecular complexity index is 410. The summed E-state index contributed by atoms with van der Waals surface area (Å²) in [5.41, 5.74) is 1.10. The van der Waals surface area contributed by atoms with Gasteiger partial charge in [-0.25, -0.2) is 0 Å². The number of halogens is 2. The van der Waals surface area contributed by atoms with Gasteiger partial charge in [-0.15, -0.1) is 0 Å². The maximum Gasteiger partial charge on any atom is 0.0640 e. The smallest absolute Gasteiger partial charge is 0.0640 e. The minimum atomic E-state index is 0.259. The molecule has 0 amide bonds. The van der Waals surface area contributed by atoms with Crippen LogP contribution in [0.4, 0.5) is 0 Å². The summed E-state index contributed by atoms with van der Waals surface area (Å²) in [5.74, 6) is 0. The summed E-state index contributed by atoms with van der Waals surface area (Å²) in [6.07, 6.45) is 4.89. The second-order valence-corrected chi connectivity index (χ2v) is 6.34. The van der Waals surface area contributed by atoms with Gasteiger partial charge in [0.25, 0.3) is 0 Å². The Balaban J connectivity index is 2.59. The highest BCUT2D eigenvalue weighted by atomic mass is 35.5. The molecule has 0 saturated heterocycles. The Morgan fingerprint density at radius 2 is 1.90 bits per heavy atom. The van der Waals surface area contributed by atoms with E-state index in [9.17, 15) is 0 Å². The highest BCUT2D eigenvalue weighted by molar-refractivity contribution is 6.42. The molecular formula is C17H28Cl2N2. The van der Waals surface area contributed by atoms with Crippen molar-refractivity contribution in [3.63, 3.8) is 0 Å². The molecule has 21 heavy (non-hydrogen) atoms. The average molecular weight is 331 g/mol. The van der Waals surface area contributed by atoms with Crippen molar-refractivity contribution < 1.29 is 0 Å². The summed E-state index contributed by atoms with van der Waals surface area (Å²) in [7, 11) is 2.19. The standard InChI is InChI=1S/C17H28Cl2N2/c1-4-6-7-12-21(3)13-11-16(20-5-2)14-9-8-10-15(18)17(14)19/h8-10,16,20H,4-7,11-13H2,1-3H3. The van der Waals surface area contributed by atoms with Gasteiger partial charge in [0.15, 0.2) is 0 Å². The van der Waals surface area contributed by atoms with Gasteiger partial charge in [-0.1, -0.05) is 62.0 Å². The fraction of sp³-hybridized carbons (Fsp3) is 0.647. The molecule has 120 valence electrons. The maximum atomic E-state index is 6.36. The Morgan fingerprint density at radius 1 is 1.14 bits per heavy atom. The zero-order valence-electron chi connectivity index (χ0n) is 13.5. The lowest BCUT2D eigenvalue weighted by molar-refractivity contribution is 0.301. The van der Waals surface area contributed by atoms with E-state index in [1.807, 2.05) is 12.1 Å². The molecular weight excluding hydrogens is 303 g/mol. The first-order chi connectivity index (χ1) is 10.1. The highest BCUT2D eigenvalue weighted by Gasteiger charge is 2.16. The van der Waals surface area contributed by atoms with Gasteiger partial charge in [-0.3, -0.25) is 0 Å². The molecule has 0 aliphatic carbocycles. The molecule has 0 fully saturated rings. The van der Waals surface area contributed by atoms with Crippen molar-refractivity contribution >= 4 is 23.2 Å². The van der Waals surface area contributed by atoms with E-state index in [-0.39, 0.29) is 6.04 Å². The van der Waals surface area contributed by atoms with Crippen LogP contribution in [0.5, 0.6) is 0 Å². The molecule has 1 N–H and O–H groups in total.